The summed E-state index contributed by atoms with van der Waals surface area (Å²) in [6, 6.07) is 40.5. The summed E-state index contributed by atoms with van der Waals surface area (Å²) in [5.74, 6) is 1.07. The maximum absolute atomic E-state index is 4.93. The first kappa shape index (κ1) is 42.2. The van der Waals surface area contributed by atoms with Crippen molar-refractivity contribution in [2.75, 3.05) is 0 Å². The van der Waals surface area contributed by atoms with Crippen LogP contribution in [0.4, 0.5) is 0 Å². The maximum atomic E-state index is 4.93. The van der Waals surface area contributed by atoms with Crippen LogP contribution in [0.1, 0.15) is 101 Å². The van der Waals surface area contributed by atoms with Crippen molar-refractivity contribution in [1.82, 2.24) is 0 Å². The molecule has 4 heteroatoms. The molecule has 262 valence electrons. The van der Waals surface area contributed by atoms with Crippen LogP contribution in [-0.4, -0.2) is 9.52 Å². The van der Waals surface area contributed by atoms with Crippen LogP contribution in [0.5, 0.6) is 0 Å². The van der Waals surface area contributed by atoms with Crippen molar-refractivity contribution in [2.45, 2.75) is 105 Å². The van der Waals surface area contributed by atoms with Crippen LogP contribution in [0, 0.1) is 0 Å². The number of halogens is 2. The van der Waals surface area contributed by atoms with Gasteiger partial charge in [0, 0.05) is 9.52 Å². The van der Waals surface area contributed by atoms with Crippen LogP contribution >= 0.6 is 17.0 Å². The summed E-state index contributed by atoms with van der Waals surface area (Å²) >= 11 is -0.826. The van der Waals surface area contributed by atoms with E-state index in [2.05, 4.69) is 164 Å². The zero-order valence-corrected chi connectivity index (χ0v) is 36.5. The third-order valence-corrected chi connectivity index (χ3v) is 8.97. The van der Waals surface area contributed by atoms with Gasteiger partial charge in [0.05, 0.1) is 0 Å². The van der Waals surface area contributed by atoms with Gasteiger partial charge in [0.2, 0.25) is 0 Å². The predicted molar refractivity (Wildman–Crippen MR) is 225 cm³/mol. The third kappa shape index (κ3) is 11.9. The van der Waals surface area contributed by atoms with Gasteiger partial charge in [-0.15, -0.1) is 69.1 Å². The summed E-state index contributed by atoms with van der Waals surface area (Å²) in [4.78, 5) is 0. The van der Waals surface area contributed by atoms with Crippen molar-refractivity contribution in [2.24, 2.45) is 0 Å². The molecule has 6 rings (SSSR count). The zero-order chi connectivity index (χ0) is 36.5. The first-order valence-corrected chi connectivity index (χ1v) is 26.7. The van der Waals surface area contributed by atoms with E-state index in [1.54, 1.807) is 0 Å². The molecule has 0 aliphatic carbocycles. The molecule has 0 saturated heterocycles. The number of hydrogen-bond acceptors (Lipinski definition) is 0. The third-order valence-electron chi connectivity index (χ3n) is 8.97. The summed E-state index contributed by atoms with van der Waals surface area (Å²) in [6.45, 7) is 18.0. The number of unbranched alkanes of at least 4 members (excludes halogenated alkanes) is 2. The fourth-order valence-corrected chi connectivity index (χ4v) is 6.59. The molecule has 0 nitrogen and oxygen atoms in total. The van der Waals surface area contributed by atoms with E-state index >= 15 is 0 Å². The second-order valence-electron chi connectivity index (χ2n) is 13.6. The van der Waals surface area contributed by atoms with E-state index in [-0.39, 0.29) is 0 Å². The second kappa shape index (κ2) is 22.7. The summed E-state index contributed by atoms with van der Waals surface area (Å²) in [5, 5.41) is 5.61. The molecule has 0 N–H and O–H groups in total. The molecule has 6 aromatic carbocycles. The Morgan fingerprint density at radius 1 is 0.580 bits per heavy atom. The zero-order valence-electron chi connectivity index (χ0n) is 31.5. The summed E-state index contributed by atoms with van der Waals surface area (Å²) in [5.41, 5.74) is 11.4. The van der Waals surface area contributed by atoms with E-state index in [4.69, 9.17) is 17.0 Å². The van der Waals surface area contributed by atoms with Crippen LogP contribution < -0.4 is 0 Å². The van der Waals surface area contributed by atoms with Gasteiger partial charge in [0.15, 0.2) is 0 Å². The first-order valence-electron chi connectivity index (χ1n) is 18.3. The molecule has 0 aromatic heterocycles. The molecule has 0 aliphatic rings. The van der Waals surface area contributed by atoms with Crippen molar-refractivity contribution in [3.05, 3.63) is 131 Å². The number of hydrogen-bond donors (Lipinski definition) is 0. The molecule has 6 aromatic rings. The van der Waals surface area contributed by atoms with Crippen LogP contribution in [0.3, 0.4) is 0 Å². The van der Waals surface area contributed by atoms with Gasteiger partial charge in [0.25, 0.3) is 0 Å². The van der Waals surface area contributed by atoms with E-state index in [0.29, 0.717) is 11.8 Å². The van der Waals surface area contributed by atoms with E-state index in [0.717, 1.165) is 9.52 Å². The molecule has 0 fully saturated rings. The van der Waals surface area contributed by atoms with Gasteiger partial charge in [-0.25, -0.2) is 0 Å². The average Bonchev–Trinajstić information content (AvgIpc) is 3.74. The minimum absolute atomic E-state index is 0.536. The molecule has 2 radical (unpaired) electrons. The van der Waals surface area contributed by atoms with Gasteiger partial charge in [-0.2, -0.15) is 12.1 Å². The van der Waals surface area contributed by atoms with Gasteiger partial charge >= 0.3 is 37.9 Å². The topological polar surface area (TPSA) is 0 Å². The van der Waals surface area contributed by atoms with Crippen molar-refractivity contribution in [1.29, 1.82) is 0 Å². The number of fused-ring (bicyclic) bond motifs is 2. The molecule has 0 aliphatic heterocycles. The van der Waals surface area contributed by atoms with Crippen LogP contribution in [0.25, 0.3) is 43.8 Å². The molecule has 0 amide bonds. The fraction of sp³-hybridized carbons (Fsp3) is 0.348. The Hall–Kier alpha value is -2.22. The van der Waals surface area contributed by atoms with Crippen LogP contribution in [0.15, 0.2) is 109 Å². The molecular formula is C46H56Cl2SiZr. The Bertz CT molecular complexity index is 1680. The minimum atomic E-state index is -0.826. The van der Waals surface area contributed by atoms with Gasteiger partial charge in [-0.3, -0.25) is 0 Å². The van der Waals surface area contributed by atoms with Gasteiger partial charge in [-0.1, -0.05) is 163 Å². The van der Waals surface area contributed by atoms with E-state index < -0.39 is 20.8 Å². The molecule has 0 saturated carbocycles. The fourth-order valence-electron chi connectivity index (χ4n) is 6.59. The van der Waals surface area contributed by atoms with Crippen LogP contribution in [0.2, 0.25) is 13.1 Å². The van der Waals surface area contributed by atoms with Gasteiger partial charge in [0.1, 0.15) is 0 Å². The molecule has 0 atom stereocenters. The van der Waals surface area contributed by atoms with Gasteiger partial charge in [-0.05, 0) is 35.8 Å². The molecule has 0 spiro atoms. The Balaban J connectivity index is 0.000000234. The number of rotatable bonds is 10. The SMILES string of the molecule is CCCCc1cc2c(-c3ccccc3)c(C(C)C)ccc2[cH-]1.CCCCc1cc2c(-c3ccccc3)c(C(C)C)ccc2[cH-]1.C[Si]C.[Cl][Zr+2][Cl]. The Kier molecular flexibility index (Phi) is 19.1. The Labute approximate surface area is 325 Å². The first-order chi connectivity index (χ1) is 24.2. The molecule has 0 bridgehead atoms. The number of aryl methyl sites for hydroxylation is 2. The number of benzene rings is 4. The van der Waals surface area contributed by atoms with Crippen molar-refractivity contribution >= 4 is 48.1 Å². The van der Waals surface area contributed by atoms with Crippen LogP contribution in [-0.2, 0) is 33.7 Å². The van der Waals surface area contributed by atoms with E-state index in [1.165, 1.54) is 105 Å². The van der Waals surface area contributed by atoms with Crippen molar-refractivity contribution in [3.8, 4) is 22.3 Å². The van der Waals surface area contributed by atoms with E-state index in [9.17, 15) is 0 Å². The van der Waals surface area contributed by atoms with Gasteiger partial charge < -0.3 is 0 Å². The van der Waals surface area contributed by atoms with E-state index in [1.807, 2.05) is 0 Å². The normalized spacial score (nSPS) is 10.6. The quantitative estimate of drug-likeness (QED) is 0.0956. The molecule has 0 unspecified atom stereocenters. The Morgan fingerprint density at radius 3 is 1.22 bits per heavy atom. The molecular weight excluding hydrogens is 743 g/mol. The average molecular weight is 799 g/mol. The second-order valence-corrected chi connectivity index (χ2v) is 18.3. The summed E-state index contributed by atoms with van der Waals surface area (Å²) in [6.07, 6.45) is 7.43. The predicted octanol–water partition coefficient (Wildman–Crippen LogP) is 15.5. The van der Waals surface area contributed by atoms with Crippen molar-refractivity contribution in [3.63, 3.8) is 0 Å². The summed E-state index contributed by atoms with van der Waals surface area (Å²) < 4.78 is 0. The molecule has 50 heavy (non-hydrogen) atoms. The van der Waals surface area contributed by atoms with Crippen molar-refractivity contribution < 1.29 is 20.8 Å². The standard InChI is InChI=1S/2C22H25.C2H6Si.2ClH.Zr/c2*1-4-5-9-17-14-19-12-13-20(16(2)3)22(21(19)15-17)18-10-7-6-8-11-18;1-3-2;;;/h2*6-8,10-16H,4-5,9H2,1-3H3;1-2H3;2*1H;/q2*-1;;;;+4/p-2. The monoisotopic (exact) mass is 796 g/mol. The molecule has 0 heterocycles. The summed E-state index contributed by atoms with van der Waals surface area (Å²) in [7, 11) is 11.0. The Morgan fingerprint density at radius 2 is 0.920 bits per heavy atom.